The van der Waals surface area contributed by atoms with E-state index in [4.69, 9.17) is 4.74 Å². The first-order chi connectivity index (χ1) is 9.81. The van der Waals surface area contributed by atoms with Crippen molar-refractivity contribution in [1.82, 2.24) is 5.32 Å². The molecule has 0 amide bonds. The summed E-state index contributed by atoms with van der Waals surface area (Å²) < 4.78 is 6.19. The molecule has 2 rings (SSSR count). The van der Waals surface area contributed by atoms with Gasteiger partial charge in [0.15, 0.2) is 0 Å². The summed E-state index contributed by atoms with van der Waals surface area (Å²) >= 11 is 0. The van der Waals surface area contributed by atoms with E-state index in [1.807, 2.05) is 0 Å². The van der Waals surface area contributed by atoms with E-state index >= 15 is 0 Å². The van der Waals surface area contributed by atoms with Gasteiger partial charge in [0.2, 0.25) is 0 Å². The summed E-state index contributed by atoms with van der Waals surface area (Å²) in [5.74, 6) is 0.824. The highest BCUT2D eigenvalue weighted by atomic mass is 16.5. The van der Waals surface area contributed by atoms with Gasteiger partial charge >= 0.3 is 0 Å². The molecule has 2 bridgehead atoms. The van der Waals surface area contributed by atoms with Crippen molar-refractivity contribution < 1.29 is 9.84 Å². The predicted molar refractivity (Wildman–Crippen MR) is 87.3 cm³/mol. The van der Waals surface area contributed by atoms with E-state index < -0.39 is 0 Å². The van der Waals surface area contributed by atoms with Gasteiger partial charge in [-0.1, -0.05) is 27.7 Å². The van der Waals surface area contributed by atoms with Crippen LogP contribution in [0.5, 0.6) is 0 Å². The Kier molecular flexibility index (Phi) is 5.38. The highest BCUT2D eigenvalue weighted by Crippen LogP contribution is 2.66. The highest BCUT2D eigenvalue weighted by Gasteiger charge is 2.61. The third-order valence-electron chi connectivity index (χ3n) is 6.80. The zero-order valence-electron chi connectivity index (χ0n) is 14.6. The number of rotatable bonds is 8. The molecule has 3 heteroatoms. The van der Waals surface area contributed by atoms with Crippen LogP contribution in [0.3, 0.4) is 0 Å². The molecule has 3 nitrogen and oxygen atoms in total. The van der Waals surface area contributed by atoms with Crippen LogP contribution in [0.4, 0.5) is 0 Å². The quantitative estimate of drug-likeness (QED) is 0.722. The number of nitrogens with one attached hydrogen (secondary N) is 1. The number of fused-ring (bicyclic) bond motifs is 2. The number of ether oxygens (including phenoxy) is 1. The van der Waals surface area contributed by atoms with Crippen molar-refractivity contribution in [3.8, 4) is 0 Å². The van der Waals surface area contributed by atoms with Gasteiger partial charge in [-0.2, -0.15) is 0 Å². The smallest absolute Gasteiger partial charge is 0.0686 e. The Morgan fingerprint density at radius 1 is 1.33 bits per heavy atom. The normalized spacial score (nSPS) is 36.9. The molecule has 0 aliphatic heterocycles. The molecule has 0 heterocycles. The summed E-state index contributed by atoms with van der Waals surface area (Å²) in [6, 6.07) is 0.478. The Morgan fingerprint density at radius 2 is 2.05 bits per heavy atom. The maximum absolute atomic E-state index is 10.0. The topological polar surface area (TPSA) is 41.5 Å². The second-order valence-corrected chi connectivity index (χ2v) is 8.13. The van der Waals surface area contributed by atoms with Gasteiger partial charge in [0, 0.05) is 19.2 Å². The van der Waals surface area contributed by atoms with Crippen molar-refractivity contribution in [3.05, 3.63) is 0 Å². The number of hydrogen-bond acceptors (Lipinski definition) is 3. The lowest BCUT2D eigenvalue weighted by Gasteiger charge is -2.39. The Bertz CT molecular complexity index is 344. The van der Waals surface area contributed by atoms with Gasteiger partial charge in [-0.25, -0.2) is 0 Å². The molecule has 5 atom stereocenters. The number of aliphatic hydroxyl groups is 1. The minimum atomic E-state index is -0.293. The monoisotopic (exact) mass is 297 g/mol. The van der Waals surface area contributed by atoms with E-state index in [9.17, 15) is 5.11 Å². The van der Waals surface area contributed by atoms with E-state index in [1.54, 1.807) is 0 Å². The minimum absolute atomic E-state index is 0.293. The van der Waals surface area contributed by atoms with Crippen LogP contribution in [0.15, 0.2) is 0 Å². The van der Waals surface area contributed by atoms with Gasteiger partial charge in [-0.05, 0) is 55.8 Å². The molecule has 0 saturated heterocycles. The van der Waals surface area contributed by atoms with Crippen LogP contribution in [0.2, 0.25) is 0 Å². The molecule has 2 fully saturated rings. The van der Waals surface area contributed by atoms with Crippen molar-refractivity contribution in [1.29, 1.82) is 0 Å². The molecule has 0 aromatic heterocycles. The third-order valence-corrected chi connectivity index (χ3v) is 6.80. The molecular weight excluding hydrogens is 262 g/mol. The Hall–Kier alpha value is -0.120. The second-order valence-electron chi connectivity index (χ2n) is 8.13. The van der Waals surface area contributed by atoms with Crippen molar-refractivity contribution in [3.63, 3.8) is 0 Å². The highest BCUT2D eigenvalue weighted by molar-refractivity contribution is 5.11. The van der Waals surface area contributed by atoms with Crippen LogP contribution >= 0.6 is 0 Å². The average molecular weight is 297 g/mol. The largest absolute Gasteiger partial charge is 0.392 e. The fourth-order valence-electron chi connectivity index (χ4n) is 4.31. The van der Waals surface area contributed by atoms with Gasteiger partial charge in [0.25, 0.3) is 0 Å². The van der Waals surface area contributed by atoms with Crippen LogP contribution in [0.25, 0.3) is 0 Å². The first-order valence-corrected chi connectivity index (χ1v) is 8.84. The summed E-state index contributed by atoms with van der Waals surface area (Å²) in [5, 5.41) is 13.4. The minimum Gasteiger partial charge on any atom is -0.392 e. The van der Waals surface area contributed by atoms with Gasteiger partial charge in [0.05, 0.1) is 12.2 Å². The summed E-state index contributed by atoms with van der Waals surface area (Å²) in [7, 11) is 0. The van der Waals surface area contributed by atoms with Crippen molar-refractivity contribution >= 4 is 0 Å². The molecule has 0 radical (unpaired) electrons. The molecule has 124 valence electrons. The lowest BCUT2D eigenvalue weighted by Crippen LogP contribution is -2.38. The number of hydrogen-bond donors (Lipinski definition) is 2. The van der Waals surface area contributed by atoms with Gasteiger partial charge in [-0.3, -0.25) is 0 Å². The zero-order chi connectivity index (χ0) is 15.7. The summed E-state index contributed by atoms with van der Waals surface area (Å²) in [4.78, 5) is 0. The standard InChI is InChI=1S/C18H35NO2/c1-6-13(2)19-12-15(20)8-10-21-16-11-14-7-9-18(16,5)17(14,3)4/h13-16,19-20H,6-12H2,1-5H3. The Balaban J connectivity index is 1.70. The van der Waals surface area contributed by atoms with Crippen LogP contribution in [0, 0.1) is 16.7 Å². The van der Waals surface area contributed by atoms with Crippen LogP contribution in [-0.4, -0.2) is 36.5 Å². The zero-order valence-corrected chi connectivity index (χ0v) is 14.6. The summed E-state index contributed by atoms with van der Waals surface area (Å²) in [6.07, 6.45) is 5.81. The Labute approximate surface area is 130 Å². The lowest BCUT2D eigenvalue weighted by molar-refractivity contribution is -0.0546. The molecule has 21 heavy (non-hydrogen) atoms. The van der Waals surface area contributed by atoms with Crippen molar-refractivity contribution in [2.24, 2.45) is 16.7 Å². The molecule has 0 aromatic carbocycles. The maximum Gasteiger partial charge on any atom is 0.0686 e. The molecule has 5 unspecified atom stereocenters. The maximum atomic E-state index is 10.0. The van der Waals surface area contributed by atoms with E-state index in [-0.39, 0.29) is 6.10 Å². The molecule has 0 aromatic rings. The predicted octanol–water partition coefficient (Wildman–Crippen LogP) is 3.36. The summed E-state index contributed by atoms with van der Waals surface area (Å²) in [6.45, 7) is 12.9. The average Bonchev–Trinajstić information content (AvgIpc) is 2.77. The van der Waals surface area contributed by atoms with E-state index in [0.29, 0.717) is 36.1 Å². The van der Waals surface area contributed by atoms with E-state index in [0.717, 1.165) is 18.8 Å². The van der Waals surface area contributed by atoms with Gasteiger partial charge < -0.3 is 15.2 Å². The molecular formula is C18H35NO2. The first-order valence-electron chi connectivity index (χ1n) is 8.84. The Morgan fingerprint density at radius 3 is 2.57 bits per heavy atom. The fraction of sp³-hybridized carbons (Fsp3) is 1.00. The lowest BCUT2D eigenvalue weighted by atomic mass is 9.70. The molecule has 2 saturated carbocycles. The van der Waals surface area contributed by atoms with Crippen molar-refractivity contribution in [2.45, 2.75) is 85.0 Å². The molecule has 2 aliphatic rings. The first kappa shape index (κ1) is 17.2. The summed E-state index contributed by atoms with van der Waals surface area (Å²) in [5.41, 5.74) is 0.742. The van der Waals surface area contributed by atoms with Crippen LogP contribution in [0.1, 0.15) is 66.7 Å². The van der Waals surface area contributed by atoms with Crippen LogP contribution in [-0.2, 0) is 4.74 Å². The molecule has 2 N–H and O–H groups in total. The molecule has 0 spiro atoms. The van der Waals surface area contributed by atoms with Gasteiger partial charge in [-0.15, -0.1) is 0 Å². The fourth-order valence-corrected chi connectivity index (χ4v) is 4.31. The second kappa shape index (κ2) is 6.55. The van der Waals surface area contributed by atoms with Crippen molar-refractivity contribution in [2.75, 3.05) is 13.2 Å². The number of aliphatic hydroxyl groups excluding tert-OH is 1. The SMILES string of the molecule is CCC(C)NCC(O)CCOC1CC2CCC1(C)C2(C)C. The van der Waals surface area contributed by atoms with E-state index in [1.165, 1.54) is 19.3 Å². The van der Waals surface area contributed by atoms with Crippen LogP contribution < -0.4 is 5.32 Å². The van der Waals surface area contributed by atoms with E-state index in [2.05, 4.69) is 39.9 Å². The molecule has 2 aliphatic carbocycles. The third kappa shape index (κ3) is 3.30. The van der Waals surface area contributed by atoms with Gasteiger partial charge in [0.1, 0.15) is 0 Å².